The molecule has 106 valence electrons. The van der Waals surface area contributed by atoms with E-state index in [9.17, 15) is 0 Å². The molecule has 2 fully saturated rings. The summed E-state index contributed by atoms with van der Waals surface area (Å²) in [6.07, 6.45) is 6.62. The topological polar surface area (TPSA) is 39.1 Å². The van der Waals surface area contributed by atoms with Crippen LogP contribution in [-0.4, -0.2) is 30.1 Å². The van der Waals surface area contributed by atoms with Crippen LogP contribution in [0.1, 0.15) is 43.2 Å². The van der Waals surface area contributed by atoms with E-state index in [0.29, 0.717) is 6.04 Å². The third-order valence-corrected chi connectivity index (χ3v) is 4.98. The number of nitriles is 1. The van der Waals surface area contributed by atoms with Crippen LogP contribution in [-0.2, 0) is 6.54 Å². The van der Waals surface area contributed by atoms with Gasteiger partial charge in [0, 0.05) is 24.7 Å². The van der Waals surface area contributed by atoms with Gasteiger partial charge >= 0.3 is 0 Å². The SMILES string of the molecule is CNC1CC2CCCC(C1)N2Cc1ccc(C#N)cc1. The van der Waals surface area contributed by atoms with Gasteiger partial charge in [0.05, 0.1) is 11.6 Å². The van der Waals surface area contributed by atoms with Crippen LogP contribution >= 0.6 is 0 Å². The minimum absolute atomic E-state index is 0.697. The van der Waals surface area contributed by atoms with Crippen LogP contribution in [0.15, 0.2) is 24.3 Å². The van der Waals surface area contributed by atoms with E-state index in [4.69, 9.17) is 5.26 Å². The summed E-state index contributed by atoms with van der Waals surface area (Å²) in [4.78, 5) is 2.71. The number of hydrogen-bond donors (Lipinski definition) is 1. The van der Waals surface area contributed by atoms with Crippen molar-refractivity contribution in [2.24, 2.45) is 0 Å². The van der Waals surface area contributed by atoms with Gasteiger partial charge in [0.25, 0.3) is 0 Å². The first kappa shape index (κ1) is 13.6. The van der Waals surface area contributed by atoms with Crippen molar-refractivity contribution in [2.45, 2.75) is 56.8 Å². The molecule has 0 aromatic heterocycles. The van der Waals surface area contributed by atoms with Crippen LogP contribution in [0.4, 0.5) is 0 Å². The quantitative estimate of drug-likeness (QED) is 0.917. The fourth-order valence-corrected chi connectivity index (χ4v) is 3.87. The number of rotatable bonds is 3. The van der Waals surface area contributed by atoms with Gasteiger partial charge in [-0.3, -0.25) is 4.90 Å². The van der Waals surface area contributed by atoms with Gasteiger partial charge in [0.1, 0.15) is 0 Å². The molecule has 1 aromatic rings. The first-order valence-corrected chi connectivity index (χ1v) is 7.72. The summed E-state index contributed by atoms with van der Waals surface area (Å²) < 4.78 is 0. The van der Waals surface area contributed by atoms with Gasteiger partial charge in [-0.25, -0.2) is 0 Å². The summed E-state index contributed by atoms with van der Waals surface area (Å²) in [5.74, 6) is 0. The number of benzene rings is 1. The zero-order valence-corrected chi connectivity index (χ0v) is 12.2. The fraction of sp³-hybridized carbons (Fsp3) is 0.588. The van der Waals surface area contributed by atoms with Crippen molar-refractivity contribution in [3.8, 4) is 6.07 Å². The predicted molar refractivity (Wildman–Crippen MR) is 80.2 cm³/mol. The van der Waals surface area contributed by atoms with Gasteiger partial charge in [-0.05, 0) is 50.4 Å². The highest BCUT2D eigenvalue weighted by atomic mass is 15.2. The smallest absolute Gasteiger partial charge is 0.0991 e. The first-order valence-electron chi connectivity index (χ1n) is 7.72. The molecule has 0 spiro atoms. The highest BCUT2D eigenvalue weighted by Gasteiger charge is 2.37. The number of piperidine rings is 2. The maximum atomic E-state index is 8.87. The predicted octanol–water partition coefficient (Wildman–Crippen LogP) is 2.66. The largest absolute Gasteiger partial charge is 0.317 e. The molecule has 0 amide bonds. The maximum Gasteiger partial charge on any atom is 0.0991 e. The molecule has 2 aliphatic heterocycles. The Morgan fingerprint density at radius 2 is 1.85 bits per heavy atom. The zero-order valence-electron chi connectivity index (χ0n) is 12.2. The second kappa shape index (κ2) is 5.95. The number of hydrogen-bond acceptors (Lipinski definition) is 3. The number of nitrogens with one attached hydrogen (secondary N) is 1. The lowest BCUT2D eigenvalue weighted by Crippen LogP contribution is -2.55. The van der Waals surface area contributed by atoms with Crippen molar-refractivity contribution in [1.29, 1.82) is 5.26 Å². The second-order valence-corrected chi connectivity index (χ2v) is 6.18. The van der Waals surface area contributed by atoms with Crippen molar-refractivity contribution in [2.75, 3.05) is 7.05 Å². The third-order valence-electron chi connectivity index (χ3n) is 4.98. The Kier molecular flexibility index (Phi) is 4.05. The molecule has 2 bridgehead atoms. The van der Waals surface area contributed by atoms with Crippen LogP contribution in [0.5, 0.6) is 0 Å². The van der Waals surface area contributed by atoms with Gasteiger partial charge < -0.3 is 5.32 Å². The van der Waals surface area contributed by atoms with E-state index in [2.05, 4.69) is 35.5 Å². The van der Waals surface area contributed by atoms with Crippen molar-refractivity contribution < 1.29 is 0 Å². The minimum Gasteiger partial charge on any atom is -0.317 e. The lowest BCUT2D eigenvalue weighted by atomic mass is 9.81. The standard InChI is InChI=1S/C17H23N3/c1-19-15-9-16-3-2-4-17(10-15)20(16)12-14-7-5-13(11-18)6-8-14/h5-8,15-17,19H,2-4,9-10,12H2,1H3. The molecular weight excluding hydrogens is 246 g/mol. The van der Waals surface area contributed by atoms with Crippen molar-refractivity contribution in [3.05, 3.63) is 35.4 Å². The Labute approximate surface area is 121 Å². The lowest BCUT2D eigenvalue weighted by molar-refractivity contribution is 0.0190. The molecule has 1 aromatic carbocycles. The Morgan fingerprint density at radius 1 is 1.20 bits per heavy atom. The van der Waals surface area contributed by atoms with Crippen molar-refractivity contribution in [3.63, 3.8) is 0 Å². The van der Waals surface area contributed by atoms with Gasteiger partial charge in [0.15, 0.2) is 0 Å². The molecule has 3 heteroatoms. The molecule has 1 N–H and O–H groups in total. The molecule has 20 heavy (non-hydrogen) atoms. The van der Waals surface area contributed by atoms with Crippen LogP contribution in [0.3, 0.4) is 0 Å². The molecule has 2 unspecified atom stereocenters. The first-order chi connectivity index (χ1) is 9.80. The Balaban J connectivity index is 1.71. The monoisotopic (exact) mass is 269 g/mol. The third kappa shape index (κ3) is 2.72. The van der Waals surface area contributed by atoms with Crippen molar-refractivity contribution >= 4 is 0 Å². The molecule has 2 heterocycles. The van der Waals surface area contributed by atoms with E-state index >= 15 is 0 Å². The Hall–Kier alpha value is -1.37. The summed E-state index contributed by atoms with van der Waals surface area (Å²) in [5, 5.41) is 12.3. The molecule has 2 saturated heterocycles. The summed E-state index contributed by atoms with van der Waals surface area (Å²) in [7, 11) is 2.09. The molecule has 0 saturated carbocycles. The van der Waals surface area contributed by atoms with Gasteiger partial charge in [-0.2, -0.15) is 5.26 Å². The highest BCUT2D eigenvalue weighted by molar-refractivity contribution is 5.31. The zero-order chi connectivity index (χ0) is 13.9. The molecule has 0 radical (unpaired) electrons. The Bertz CT molecular complexity index is 474. The van der Waals surface area contributed by atoms with Crippen LogP contribution in [0, 0.1) is 11.3 Å². The van der Waals surface area contributed by atoms with Crippen molar-refractivity contribution in [1.82, 2.24) is 10.2 Å². The summed E-state index contributed by atoms with van der Waals surface area (Å²) >= 11 is 0. The molecule has 0 aliphatic carbocycles. The maximum absolute atomic E-state index is 8.87. The summed E-state index contributed by atoms with van der Waals surface area (Å²) in [6, 6.07) is 12.4. The molecule has 3 rings (SSSR count). The van der Waals surface area contributed by atoms with E-state index < -0.39 is 0 Å². The minimum atomic E-state index is 0.697. The summed E-state index contributed by atoms with van der Waals surface area (Å²) in [5.41, 5.74) is 2.09. The second-order valence-electron chi connectivity index (χ2n) is 6.18. The van der Waals surface area contributed by atoms with Gasteiger partial charge in [0.2, 0.25) is 0 Å². The van der Waals surface area contributed by atoms with Gasteiger partial charge in [-0.15, -0.1) is 0 Å². The van der Waals surface area contributed by atoms with E-state index in [-0.39, 0.29) is 0 Å². The highest BCUT2D eigenvalue weighted by Crippen LogP contribution is 2.35. The summed E-state index contributed by atoms with van der Waals surface area (Å²) in [6.45, 7) is 1.04. The van der Waals surface area contributed by atoms with E-state index in [1.54, 1.807) is 0 Å². The number of fused-ring (bicyclic) bond motifs is 2. The average Bonchev–Trinajstić information content (AvgIpc) is 2.47. The lowest BCUT2D eigenvalue weighted by Gasteiger charge is -2.49. The van der Waals surface area contributed by atoms with Crippen LogP contribution in [0.25, 0.3) is 0 Å². The molecular formula is C17H23N3. The van der Waals surface area contributed by atoms with Gasteiger partial charge in [-0.1, -0.05) is 18.6 Å². The Morgan fingerprint density at radius 3 is 2.40 bits per heavy atom. The molecule has 3 nitrogen and oxygen atoms in total. The normalized spacial score (nSPS) is 29.9. The molecule has 2 aliphatic rings. The average molecular weight is 269 g/mol. The fourth-order valence-electron chi connectivity index (χ4n) is 3.87. The van der Waals surface area contributed by atoms with E-state index in [0.717, 1.165) is 24.2 Å². The van der Waals surface area contributed by atoms with Crippen LogP contribution < -0.4 is 5.32 Å². The van der Waals surface area contributed by atoms with E-state index in [1.165, 1.54) is 37.7 Å². The van der Waals surface area contributed by atoms with E-state index in [1.807, 2.05) is 12.1 Å². The molecule has 2 atom stereocenters. The van der Waals surface area contributed by atoms with Crippen LogP contribution in [0.2, 0.25) is 0 Å². The number of nitrogens with zero attached hydrogens (tertiary/aromatic N) is 2.